The van der Waals surface area contributed by atoms with Crippen LogP contribution in [0.25, 0.3) is 0 Å². The Labute approximate surface area is 280 Å². The molecule has 0 aromatic heterocycles. The van der Waals surface area contributed by atoms with E-state index < -0.39 is 0 Å². The fraction of sp³-hybridized carbons (Fsp3) is 0.682. The lowest BCUT2D eigenvalue weighted by molar-refractivity contribution is 0.0817. The summed E-state index contributed by atoms with van der Waals surface area (Å²) in [6.07, 6.45) is 27.6. The van der Waals surface area contributed by atoms with E-state index in [1.54, 1.807) is 0 Å². The highest BCUT2D eigenvalue weighted by Crippen LogP contribution is 2.46. The molecule has 0 saturated heterocycles. The Morgan fingerprint density at radius 2 is 0.717 bits per heavy atom. The highest BCUT2D eigenvalue weighted by Gasteiger charge is 2.33. The van der Waals surface area contributed by atoms with Crippen LogP contribution in [0.3, 0.4) is 0 Å². The summed E-state index contributed by atoms with van der Waals surface area (Å²) >= 11 is 0. The highest BCUT2D eigenvalue weighted by atomic mass is 16.2. The van der Waals surface area contributed by atoms with Gasteiger partial charge in [-0.15, -0.1) is 0 Å². The molecule has 6 rings (SSSR count). The van der Waals surface area contributed by atoms with Gasteiger partial charge in [-0.1, -0.05) is 114 Å². The van der Waals surface area contributed by atoms with Crippen molar-refractivity contribution in [1.29, 1.82) is 0 Å². The van der Waals surface area contributed by atoms with Crippen LogP contribution in [0.5, 0.6) is 0 Å². The number of ketones is 2. The van der Waals surface area contributed by atoms with Crippen molar-refractivity contribution in [3.8, 4) is 0 Å². The summed E-state index contributed by atoms with van der Waals surface area (Å²) in [4.78, 5) is 26.4. The maximum absolute atomic E-state index is 13.2. The standard InChI is InChI=1S/C44H62O2/c1-3-5-31-7-11-33(12-8-31)35-15-19-37(20-16-35)39-23-27-41(28-24-39)43(45)44(46)42-29-25-40(26-30-42)38-21-17-36(18-22-38)34-13-9-32(6-4-2)10-14-34/h23-38H,3-22H2,1-2H3. The first kappa shape index (κ1) is 33.7. The van der Waals surface area contributed by atoms with Crippen LogP contribution in [-0.4, -0.2) is 11.6 Å². The molecule has 46 heavy (non-hydrogen) atoms. The van der Waals surface area contributed by atoms with Crippen LogP contribution in [0.2, 0.25) is 0 Å². The van der Waals surface area contributed by atoms with Crippen LogP contribution >= 0.6 is 0 Å². The number of hydrogen-bond acceptors (Lipinski definition) is 2. The van der Waals surface area contributed by atoms with Crippen LogP contribution in [0.15, 0.2) is 48.5 Å². The van der Waals surface area contributed by atoms with E-state index in [1.807, 2.05) is 24.3 Å². The molecule has 0 unspecified atom stereocenters. The molecule has 2 aromatic rings. The number of rotatable bonds is 11. The zero-order valence-corrected chi connectivity index (χ0v) is 29.2. The van der Waals surface area contributed by atoms with Crippen molar-refractivity contribution in [1.82, 2.24) is 0 Å². The van der Waals surface area contributed by atoms with Crippen molar-refractivity contribution in [2.75, 3.05) is 0 Å². The number of Topliss-reactive ketones (excluding diaryl/α,β-unsaturated/α-hetero) is 2. The Bertz CT molecular complexity index is 1130. The topological polar surface area (TPSA) is 34.1 Å². The van der Waals surface area contributed by atoms with Gasteiger partial charge in [-0.05, 0) is 136 Å². The summed E-state index contributed by atoms with van der Waals surface area (Å²) in [7, 11) is 0. The lowest BCUT2D eigenvalue weighted by atomic mass is 9.68. The second kappa shape index (κ2) is 16.3. The van der Waals surface area contributed by atoms with Crippen LogP contribution in [-0.2, 0) is 0 Å². The predicted molar refractivity (Wildman–Crippen MR) is 192 cm³/mol. The van der Waals surface area contributed by atoms with E-state index in [9.17, 15) is 9.59 Å². The molecule has 0 N–H and O–H groups in total. The van der Waals surface area contributed by atoms with Crippen LogP contribution in [0, 0.1) is 35.5 Å². The van der Waals surface area contributed by atoms with E-state index in [2.05, 4.69) is 38.1 Å². The maximum Gasteiger partial charge on any atom is 0.233 e. The fourth-order valence-corrected chi connectivity index (χ4v) is 10.6. The van der Waals surface area contributed by atoms with Gasteiger partial charge in [0, 0.05) is 11.1 Å². The molecular formula is C44H62O2. The normalized spacial score (nSPS) is 32.1. The van der Waals surface area contributed by atoms with E-state index in [-0.39, 0.29) is 11.6 Å². The molecule has 4 aliphatic carbocycles. The van der Waals surface area contributed by atoms with Crippen LogP contribution in [0.4, 0.5) is 0 Å². The molecule has 2 heteroatoms. The summed E-state index contributed by atoms with van der Waals surface area (Å²) in [6, 6.07) is 16.1. The molecule has 2 aromatic carbocycles. The summed E-state index contributed by atoms with van der Waals surface area (Å²) in [5.74, 6) is 6.15. The highest BCUT2D eigenvalue weighted by molar-refractivity contribution is 6.49. The zero-order valence-electron chi connectivity index (χ0n) is 29.2. The maximum atomic E-state index is 13.2. The molecule has 0 aliphatic heterocycles. The van der Waals surface area contributed by atoms with Gasteiger partial charge in [-0.3, -0.25) is 9.59 Å². The minimum absolute atomic E-state index is 0.379. The Morgan fingerprint density at radius 3 is 1.00 bits per heavy atom. The first-order valence-corrected chi connectivity index (χ1v) is 19.8. The Morgan fingerprint density at radius 1 is 0.435 bits per heavy atom. The smallest absolute Gasteiger partial charge is 0.233 e. The van der Waals surface area contributed by atoms with Gasteiger partial charge in [-0.25, -0.2) is 0 Å². The second-order valence-electron chi connectivity index (χ2n) is 16.3. The third-order valence-electron chi connectivity index (χ3n) is 13.5. The monoisotopic (exact) mass is 622 g/mol. The van der Waals surface area contributed by atoms with Crippen molar-refractivity contribution in [2.45, 2.75) is 154 Å². The fourth-order valence-electron chi connectivity index (χ4n) is 10.6. The largest absolute Gasteiger partial charge is 0.285 e. The van der Waals surface area contributed by atoms with Crippen molar-refractivity contribution in [3.05, 3.63) is 70.8 Å². The van der Waals surface area contributed by atoms with Crippen LogP contribution < -0.4 is 0 Å². The minimum Gasteiger partial charge on any atom is -0.285 e. The third-order valence-corrected chi connectivity index (χ3v) is 13.5. The Hall–Kier alpha value is -2.22. The second-order valence-corrected chi connectivity index (χ2v) is 16.3. The molecule has 0 heterocycles. The summed E-state index contributed by atoms with van der Waals surface area (Å²) in [5, 5.41) is 0. The first-order valence-electron chi connectivity index (χ1n) is 19.8. The third kappa shape index (κ3) is 8.25. The molecule has 0 bridgehead atoms. The molecular weight excluding hydrogens is 560 g/mol. The SMILES string of the molecule is CCCC1CCC(C2CCC(c3ccc(C(=O)C(=O)c4ccc(C5CCC(C6CCC(CCC)CC6)CC5)cc4)cc3)CC2)CC1. The molecule has 0 radical (unpaired) electrons. The summed E-state index contributed by atoms with van der Waals surface area (Å²) in [5.41, 5.74) is 3.74. The molecule has 4 saturated carbocycles. The van der Waals surface area contributed by atoms with E-state index in [0.717, 1.165) is 35.5 Å². The van der Waals surface area contributed by atoms with Crippen molar-refractivity contribution >= 4 is 11.6 Å². The number of carbonyl (C=O) groups is 2. The first-order chi connectivity index (χ1) is 22.5. The Kier molecular flexibility index (Phi) is 11.9. The van der Waals surface area contributed by atoms with E-state index in [0.29, 0.717) is 23.0 Å². The number of hydrogen-bond donors (Lipinski definition) is 0. The molecule has 0 atom stereocenters. The average Bonchev–Trinajstić information content (AvgIpc) is 3.12. The molecule has 0 amide bonds. The van der Waals surface area contributed by atoms with Crippen molar-refractivity contribution < 1.29 is 9.59 Å². The molecule has 4 aliphatic rings. The number of carbonyl (C=O) groups excluding carboxylic acids is 2. The average molecular weight is 623 g/mol. The van der Waals surface area contributed by atoms with Gasteiger partial charge in [0.25, 0.3) is 0 Å². The van der Waals surface area contributed by atoms with Crippen LogP contribution in [0.1, 0.15) is 186 Å². The zero-order chi connectivity index (χ0) is 31.9. The van der Waals surface area contributed by atoms with Gasteiger partial charge in [-0.2, -0.15) is 0 Å². The van der Waals surface area contributed by atoms with Gasteiger partial charge < -0.3 is 0 Å². The molecule has 2 nitrogen and oxygen atoms in total. The van der Waals surface area contributed by atoms with Gasteiger partial charge >= 0.3 is 0 Å². The van der Waals surface area contributed by atoms with E-state index in [1.165, 1.54) is 140 Å². The lowest BCUT2D eigenvalue weighted by Crippen LogP contribution is -2.25. The van der Waals surface area contributed by atoms with Crippen molar-refractivity contribution in [2.24, 2.45) is 35.5 Å². The van der Waals surface area contributed by atoms with Gasteiger partial charge in [0.15, 0.2) is 0 Å². The van der Waals surface area contributed by atoms with Crippen molar-refractivity contribution in [3.63, 3.8) is 0 Å². The molecule has 0 spiro atoms. The predicted octanol–water partition coefficient (Wildman–Crippen LogP) is 12.5. The van der Waals surface area contributed by atoms with Gasteiger partial charge in [0.2, 0.25) is 11.6 Å². The number of benzene rings is 2. The summed E-state index contributed by atoms with van der Waals surface area (Å²) in [6.45, 7) is 4.66. The van der Waals surface area contributed by atoms with Gasteiger partial charge in [0.1, 0.15) is 0 Å². The minimum atomic E-state index is -0.379. The quantitative estimate of drug-likeness (QED) is 0.184. The molecule has 250 valence electrons. The molecule has 4 fully saturated rings. The van der Waals surface area contributed by atoms with Gasteiger partial charge in [0.05, 0.1) is 0 Å². The Balaban J connectivity index is 0.951. The summed E-state index contributed by atoms with van der Waals surface area (Å²) < 4.78 is 0. The van der Waals surface area contributed by atoms with E-state index in [4.69, 9.17) is 0 Å². The van der Waals surface area contributed by atoms with E-state index >= 15 is 0 Å². The lowest BCUT2D eigenvalue weighted by Gasteiger charge is -2.38.